The molecule has 2 aromatic carbocycles. The van der Waals surface area contributed by atoms with Gasteiger partial charge in [-0.25, -0.2) is 8.42 Å². The van der Waals surface area contributed by atoms with Crippen molar-refractivity contribution in [1.82, 2.24) is 5.32 Å². The number of nitrogens with one attached hydrogen (secondary N) is 1. The molecule has 0 bridgehead atoms. The average Bonchev–Trinajstić information content (AvgIpc) is 2.71. The van der Waals surface area contributed by atoms with Gasteiger partial charge in [-0.3, -0.25) is 9.10 Å². The Hall–Kier alpha value is -1.90. The van der Waals surface area contributed by atoms with Crippen LogP contribution in [0.4, 0.5) is 5.69 Å². The van der Waals surface area contributed by atoms with Gasteiger partial charge in [-0.1, -0.05) is 29.8 Å². The number of rotatable bonds is 12. The molecule has 6 nitrogen and oxygen atoms in total. The lowest BCUT2D eigenvalue weighted by Gasteiger charge is -2.22. The van der Waals surface area contributed by atoms with Crippen molar-refractivity contribution in [3.63, 3.8) is 0 Å². The van der Waals surface area contributed by atoms with Gasteiger partial charge in [0.25, 0.3) is 0 Å². The monoisotopic (exact) mass is 470 g/mol. The van der Waals surface area contributed by atoms with Crippen LogP contribution in [0.1, 0.15) is 18.4 Å². The Balaban J connectivity index is 1.71. The number of benzene rings is 2. The highest BCUT2D eigenvalue weighted by Crippen LogP contribution is 2.22. The highest BCUT2D eigenvalue weighted by Gasteiger charge is 2.17. The van der Waals surface area contributed by atoms with Crippen molar-refractivity contribution in [1.29, 1.82) is 0 Å². The molecule has 0 aromatic heterocycles. The third-order valence-electron chi connectivity index (χ3n) is 4.31. The average molecular weight is 471 g/mol. The van der Waals surface area contributed by atoms with E-state index in [0.717, 1.165) is 28.3 Å². The third kappa shape index (κ3) is 8.08. The quantitative estimate of drug-likeness (QED) is 0.475. The fourth-order valence-corrected chi connectivity index (χ4v) is 4.88. The van der Waals surface area contributed by atoms with Gasteiger partial charge in [0, 0.05) is 36.0 Å². The number of thioether (sulfide) groups is 1. The van der Waals surface area contributed by atoms with Crippen molar-refractivity contribution >= 4 is 45.0 Å². The van der Waals surface area contributed by atoms with Crippen LogP contribution in [0.15, 0.2) is 48.5 Å². The molecule has 0 aliphatic carbocycles. The molecular weight excluding hydrogens is 444 g/mol. The Morgan fingerprint density at radius 1 is 1.17 bits per heavy atom. The van der Waals surface area contributed by atoms with E-state index < -0.39 is 10.0 Å². The van der Waals surface area contributed by atoms with Crippen molar-refractivity contribution in [2.75, 3.05) is 36.5 Å². The van der Waals surface area contributed by atoms with E-state index in [1.165, 1.54) is 4.31 Å². The molecule has 2 rings (SSSR count). The molecule has 0 unspecified atom stereocenters. The number of ether oxygens (including phenoxy) is 1. The van der Waals surface area contributed by atoms with E-state index in [2.05, 4.69) is 5.32 Å². The number of sulfonamides is 1. The van der Waals surface area contributed by atoms with E-state index in [9.17, 15) is 13.2 Å². The summed E-state index contributed by atoms with van der Waals surface area (Å²) in [5, 5.41) is 3.62. The predicted molar refractivity (Wildman–Crippen MR) is 125 cm³/mol. The first-order chi connectivity index (χ1) is 14.3. The van der Waals surface area contributed by atoms with Crippen LogP contribution in [0, 0.1) is 0 Å². The van der Waals surface area contributed by atoms with Crippen LogP contribution in [0.3, 0.4) is 0 Å². The Labute approximate surface area is 188 Å². The van der Waals surface area contributed by atoms with Crippen molar-refractivity contribution in [3.8, 4) is 5.75 Å². The molecule has 1 amide bonds. The Morgan fingerprint density at radius 3 is 2.50 bits per heavy atom. The van der Waals surface area contributed by atoms with E-state index in [1.807, 2.05) is 24.3 Å². The minimum Gasteiger partial charge on any atom is -0.497 e. The smallest absolute Gasteiger partial charge is 0.232 e. The van der Waals surface area contributed by atoms with Gasteiger partial charge in [0.05, 0.1) is 19.1 Å². The van der Waals surface area contributed by atoms with Crippen LogP contribution in [-0.2, 0) is 20.6 Å². The molecule has 0 saturated heterocycles. The molecule has 1 N–H and O–H groups in total. The van der Waals surface area contributed by atoms with Crippen molar-refractivity contribution in [2.45, 2.75) is 18.6 Å². The second-order valence-electron chi connectivity index (χ2n) is 6.63. The summed E-state index contributed by atoms with van der Waals surface area (Å²) in [6.07, 6.45) is 1.85. The summed E-state index contributed by atoms with van der Waals surface area (Å²) in [6, 6.07) is 14.5. The van der Waals surface area contributed by atoms with Crippen LogP contribution in [0.5, 0.6) is 5.75 Å². The first-order valence-electron chi connectivity index (χ1n) is 9.51. The zero-order valence-corrected chi connectivity index (χ0v) is 19.5. The van der Waals surface area contributed by atoms with Gasteiger partial charge < -0.3 is 10.1 Å². The van der Waals surface area contributed by atoms with Gasteiger partial charge in [-0.15, -0.1) is 0 Å². The van der Waals surface area contributed by atoms with Crippen molar-refractivity contribution in [2.24, 2.45) is 0 Å². The van der Waals surface area contributed by atoms with Crippen LogP contribution in [0.25, 0.3) is 0 Å². The molecule has 0 atom stereocenters. The molecule has 0 saturated carbocycles. The van der Waals surface area contributed by atoms with E-state index in [0.29, 0.717) is 24.4 Å². The minimum atomic E-state index is -3.44. The van der Waals surface area contributed by atoms with Gasteiger partial charge >= 0.3 is 0 Å². The largest absolute Gasteiger partial charge is 0.497 e. The maximum Gasteiger partial charge on any atom is 0.232 e. The van der Waals surface area contributed by atoms with Crippen LogP contribution in [0.2, 0.25) is 5.02 Å². The Kier molecular flexibility index (Phi) is 9.81. The van der Waals surface area contributed by atoms with Gasteiger partial charge in [0.15, 0.2) is 0 Å². The summed E-state index contributed by atoms with van der Waals surface area (Å²) < 4.78 is 30.7. The zero-order chi connectivity index (χ0) is 22.0. The first kappa shape index (κ1) is 24.4. The third-order valence-corrected chi connectivity index (χ3v) is 6.88. The summed E-state index contributed by atoms with van der Waals surface area (Å²) in [4.78, 5) is 12.1. The van der Waals surface area contributed by atoms with E-state index in [4.69, 9.17) is 16.3 Å². The molecule has 0 aliphatic rings. The molecule has 9 heteroatoms. The predicted octanol–water partition coefficient (Wildman–Crippen LogP) is 3.94. The summed E-state index contributed by atoms with van der Waals surface area (Å²) >= 11 is 7.82. The minimum absolute atomic E-state index is 0.0866. The molecule has 30 heavy (non-hydrogen) atoms. The highest BCUT2D eigenvalue weighted by atomic mass is 35.5. The van der Waals surface area contributed by atoms with Crippen molar-refractivity contribution in [3.05, 3.63) is 59.1 Å². The number of carbonyl (C=O) groups is 1. The van der Waals surface area contributed by atoms with Gasteiger partial charge in [-0.2, -0.15) is 11.8 Å². The number of amides is 1. The van der Waals surface area contributed by atoms with Gasteiger partial charge in [0.2, 0.25) is 15.9 Å². The lowest BCUT2D eigenvalue weighted by molar-refractivity contribution is -0.121. The standard InChI is InChI=1S/C21H27ClN2O4S2/c1-28-19-11-9-18(10-12-19)24(30(2,26)27)14-5-8-21(25)23-13-15-29-16-17-6-3-4-7-20(17)22/h3-4,6-7,9-12H,5,8,13-16H2,1-2H3,(H,23,25). The molecule has 0 aliphatic heterocycles. The number of methoxy groups -OCH3 is 1. The molecular formula is C21H27ClN2O4S2. The van der Waals surface area contributed by atoms with Gasteiger partial charge in [-0.05, 0) is 42.3 Å². The van der Waals surface area contributed by atoms with E-state index in [1.54, 1.807) is 43.1 Å². The first-order valence-corrected chi connectivity index (χ1v) is 12.9. The summed E-state index contributed by atoms with van der Waals surface area (Å²) in [6.45, 7) is 0.794. The molecule has 0 spiro atoms. The Bertz CT molecular complexity index is 921. The van der Waals surface area contributed by atoms with Gasteiger partial charge in [0.1, 0.15) is 5.75 Å². The topological polar surface area (TPSA) is 75.7 Å². The molecule has 0 heterocycles. The lowest BCUT2D eigenvalue weighted by atomic mass is 10.2. The number of carbonyl (C=O) groups excluding carboxylic acids is 1. The molecule has 0 radical (unpaired) electrons. The number of nitrogens with zero attached hydrogens (tertiary/aromatic N) is 1. The molecule has 164 valence electrons. The summed E-state index contributed by atoms with van der Waals surface area (Å²) in [5.41, 5.74) is 1.63. The second-order valence-corrected chi connectivity index (χ2v) is 10.0. The lowest BCUT2D eigenvalue weighted by Crippen LogP contribution is -2.32. The SMILES string of the molecule is COc1ccc(N(CCCC(=O)NCCSCc2ccccc2Cl)S(C)(=O)=O)cc1. The summed E-state index contributed by atoms with van der Waals surface area (Å²) in [7, 11) is -1.89. The van der Waals surface area contributed by atoms with Crippen LogP contribution < -0.4 is 14.4 Å². The molecule has 2 aromatic rings. The van der Waals surface area contributed by atoms with Crippen molar-refractivity contribution < 1.29 is 17.9 Å². The number of hydrogen-bond donors (Lipinski definition) is 1. The van der Waals surface area contributed by atoms with Crippen LogP contribution in [-0.4, -0.2) is 46.5 Å². The second kappa shape index (κ2) is 12.1. The fourth-order valence-electron chi connectivity index (χ4n) is 2.77. The van der Waals surface area contributed by atoms with E-state index in [-0.39, 0.29) is 18.9 Å². The zero-order valence-electron chi connectivity index (χ0n) is 17.1. The summed E-state index contributed by atoms with van der Waals surface area (Å²) in [5.74, 6) is 2.13. The normalized spacial score (nSPS) is 11.2. The number of hydrogen-bond acceptors (Lipinski definition) is 5. The number of halogens is 1. The maximum absolute atomic E-state index is 12.1. The molecule has 0 fully saturated rings. The fraction of sp³-hybridized carbons (Fsp3) is 0.381. The Morgan fingerprint density at radius 2 is 1.87 bits per heavy atom. The van der Waals surface area contributed by atoms with Crippen LogP contribution >= 0.6 is 23.4 Å². The van der Waals surface area contributed by atoms with E-state index >= 15 is 0 Å². The highest BCUT2D eigenvalue weighted by molar-refractivity contribution is 7.98. The number of anilines is 1. The maximum atomic E-state index is 12.1.